The SMILES string of the molecule is O=C(NC[C@H]1CCCO1)[C@H]1COC2(CCCCC2)N1C(=O)c1cccs1. The number of nitrogens with one attached hydrogen (secondary N) is 1. The highest BCUT2D eigenvalue weighted by Gasteiger charge is 2.53. The zero-order valence-electron chi connectivity index (χ0n) is 14.9. The first-order valence-electron chi connectivity index (χ1n) is 9.60. The van der Waals surface area contributed by atoms with Gasteiger partial charge in [-0.2, -0.15) is 0 Å². The van der Waals surface area contributed by atoms with Crippen LogP contribution in [0.2, 0.25) is 0 Å². The summed E-state index contributed by atoms with van der Waals surface area (Å²) in [5.41, 5.74) is -0.620. The Morgan fingerprint density at radius 1 is 1.27 bits per heavy atom. The van der Waals surface area contributed by atoms with Crippen molar-refractivity contribution in [1.82, 2.24) is 10.2 Å². The molecule has 0 bridgehead atoms. The summed E-state index contributed by atoms with van der Waals surface area (Å²) in [6, 6.07) is 3.13. The smallest absolute Gasteiger partial charge is 0.266 e. The van der Waals surface area contributed by atoms with Crippen molar-refractivity contribution < 1.29 is 19.1 Å². The third-order valence-electron chi connectivity index (χ3n) is 5.68. The lowest BCUT2D eigenvalue weighted by Crippen LogP contribution is -2.56. The van der Waals surface area contributed by atoms with Gasteiger partial charge in [-0.3, -0.25) is 14.5 Å². The summed E-state index contributed by atoms with van der Waals surface area (Å²) in [6.07, 6.45) is 6.92. The van der Waals surface area contributed by atoms with E-state index in [1.165, 1.54) is 11.3 Å². The summed E-state index contributed by atoms with van der Waals surface area (Å²) in [6.45, 7) is 1.54. The van der Waals surface area contributed by atoms with Crippen molar-refractivity contribution in [2.24, 2.45) is 0 Å². The van der Waals surface area contributed by atoms with Gasteiger partial charge in [0.05, 0.1) is 17.6 Å². The van der Waals surface area contributed by atoms with Crippen LogP contribution in [0.25, 0.3) is 0 Å². The standard InChI is InChI=1S/C19H26N2O4S/c22-17(20-12-14-6-4-10-24-14)15-13-25-19(8-2-1-3-9-19)21(15)18(23)16-7-5-11-26-16/h5,7,11,14-15H,1-4,6,8-10,12-13H2,(H,20,22)/t14-,15-/m1/s1. The lowest BCUT2D eigenvalue weighted by Gasteiger charge is -2.41. The molecule has 1 aromatic heterocycles. The first-order chi connectivity index (χ1) is 12.7. The van der Waals surface area contributed by atoms with Crippen molar-refractivity contribution in [2.45, 2.75) is 62.8 Å². The highest BCUT2D eigenvalue weighted by molar-refractivity contribution is 7.12. The van der Waals surface area contributed by atoms with E-state index < -0.39 is 11.8 Å². The molecule has 1 aliphatic carbocycles. The fourth-order valence-electron chi connectivity index (χ4n) is 4.33. The molecule has 1 saturated carbocycles. The van der Waals surface area contributed by atoms with Crippen LogP contribution in [0.3, 0.4) is 0 Å². The minimum atomic E-state index is -0.620. The van der Waals surface area contributed by atoms with Crippen molar-refractivity contribution in [1.29, 1.82) is 0 Å². The zero-order valence-corrected chi connectivity index (χ0v) is 15.8. The van der Waals surface area contributed by atoms with Gasteiger partial charge in [-0.15, -0.1) is 11.3 Å². The van der Waals surface area contributed by atoms with Gasteiger partial charge >= 0.3 is 0 Å². The van der Waals surface area contributed by atoms with Crippen LogP contribution < -0.4 is 5.32 Å². The average molecular weight is 378 g/mol. The number of carbonyl (C=O) groups excluding carboxylic acids is 2. The van der Waals surface area contributed by atoms with Crippen molar-refractivity contribution >= 4 is 23.2 Å². The molecule has 0 unspecified atom stereocenters. The van der Waals surface area contributed by atoms with Crippen LogP contribution >= 0.6 is 11.3 Å². The number of rotatable bonds is 4. The van der Waals surface area contributed by atoms with Crippen molar-refractivity contribution in [2.75, 3.05) is 19.8 Å². The molecular weight excluding hydrogens is 352 g/mol. The number of ether oxygens (including phenoxy) is 2. The van der Waals surface area contributed by atoms with Gasteiger partial charge in [-0.1, -0.05) is 12.5 Å². The van der Waals surface area contributed by atoms with E-state index in [0.29, 0.717) is 11.4 Å². The molecule has 3 heterocycles. The minimum Gasteiger partial charge on any atom is -0.376 e. The van der Waals surface area contributed by atoms with Gasteiger partial charge < -0.3 is 14.8 Å². The summed E-state index contributed by atoms with van der Waals surface area (Å²) in [7, 11) is 0. The molecule has 2 amide bonds. The van der Waals surface area contributed by atoms with Crippen LogP contribution in [0.5, 0.6) is 0 Å². The third kappa shape index (κ3) is 3.40. The van der Waals surface area contributed by atoms with Crippen LogP contribution in [-0.4, -0.2) is 54.3 Å². The van der Waals surface area contributed by atoms with Gasteiger partial charge in [-0.25, -0.2) is 0 Å². The van der Waals surface area contributed by atoms with Crippen molar-refractivity contribution in [3.05, 3.63) is 22.4 Å². The molecular formula is C19H26N2O4S. The number of carbonyl (C=O) groups is 2. The molecule has 142 valence electrons. The molecule has 1 aromatic rings. The summed E-state index contributed by atoms with van der Waals surface area (Å²) < 4.78 is 11.7. The monoisotopic (exact) mass is 378 g/mol. The van der Waals surface area contributed by atoms with E-state index in [2.05, 4.69) is 5.32 Å². The Labute approximate surface area is 157 Å². The van der Waals surface area contributed by atoms with Crippen LogP contribution in [0, 0.1) is 0 Å². The topological polar surface area (TPSA) is 67.9 Å². The van der Waals surface area contributed by atoms with E-state index in [9.17, 15) is 9.59 Å². The van der Waals surface area contributed by atoms with Gasteiger partial charge in [0.1, 0.15) is 11.8 Å². The Bertz CT molecular complexity index is 636. The lowest BCUT2D eigenvalue weighted by molar-refractivity contribution is -0.127. The normalized spacial score (nSPS) is 27.8. The predicted molar refractivity (Wildman–Crippen MR) is 98.0 cm³/mol. The average Bonchev–Trinajstić information content (AvgIpc) is 3.41. The number of thiophene rings is 1. The van der Waals surface area contributed by atoms with Gasteiger partial charge in [-0.05, 0) is 50.0 Å². The van der Waals surface area contributed by atoms with E-state index in [0.717, 1.165) is 51.6 Å². The van der Waals surface area contributed by atoms with Crippen LogP contribution in [0.15, 0.2) is 17.5 Å². The van der Waals surface area contributed by atoms with E-state index >= 15 is 0 Å². The maximum Gasteiger partial charge on any atom is 0.266 e. The molecule has 3 fully saturated rings. The Morgan fingerprint density at radius 3 is 2.81 bits per heavy atom. The second-order valence-corrected chi connectivity index (χ2v) is 8.31. The highest BCUT2D eigenvalue weighted by atomic mass is 32.1. The zero-order chi connectivity index (χ0) is 18.0. The molecule has 7 heteroatoms. The van der Waals surface area contributed by atoms with Crippen molar-refractivity contribution in [3.63, 3.8) is 0 Å². The lowest BCUT2D eigenvalue weighted by atomic mass is 9.90. The van der Waals surface area contributed by atoms with Crippen LogP contribution in [-0.2, 0) is 14.3 Å². The molecule has 26 heavy (non-hydrogen) atoms. The quantitative estimate of drug-likeness (QED) is 0.874. The maximum atomic E-state index is 13.2. The maximum absolute atomic E-state index is 13.2. The summed E-state index contributed by atoms with van der Waals surface area (Å²) in [5.74, 6) is -0.218. The molecule has 3 aliphatic rings. The van der Waals surface area contributed by atoms with Gasteiger partial charge in [0.25, 0.3) is 5.91 Å². The first kappa shape index (κ1) is 17.9. The Hall–Kier alpha value is -1.44. The second-order valence-electron chi connectivity index (χ2n) is 7.37. The Morgan fingerprint density at radius 2 is 2.12 bits per heavy atom. The number of hydrogen-bond donors (Lipinski definition) is 1. The minimum absolute atomic E-state index is 0.0864. The molecule has 1 spiro atoms. The summed E-state index contributed by atoms with van der Waals surface area (Å²) in [5, 5.41) is 4.88. The number of hydrogen-bond acceptors (Lipinski definition) is 5. The van der Waals surface area contributed by atoms with E-state index in [-0.39, 0.29) is 24.5 Å². The number of amides is 2. The van der Waals surface area contributed by atoms with Gasteiger partial charge in [0.15, 0.2) is 0 Å². The highest BCUT2D eigenvalue weighted by Crippen LogP contribution is 2.41. The molecule has 1 N–H and O–H groups in total. The fourth-order valence-corrected chi connectivity index (χ4v) is 4.99. The van der Waals surface area contributed by atoms with Gasteiger partial charge in [0.2, 0.25) is 5.91 Å². The Balaban J connectivity index is 1.52. The summed E-state index contributed by atoms with van der Waals surface area (Å²) in [4.78, 5) is 28.5. The van der Waals surface area contributed by atoms with Crippen LogP contribution in [0.1, 0.15) is 54.6 Å². The second kappa shape index (κ2) is 7.66. The Kier molecular flexibility index (Phi) is 5.29. The molecule has 2 aliphatic heterocycles. The fraction of sp³-hybridized carbons (Fsp3) is 0.684. The predicted octanol–water partition coefficient (Wildman–Crippen LogP) is 2.54. The summed E-state index contributed by atoms with van der Waals surface area (Å²) >= 11 is 1.41. The van der Waals surface area contributed by atoms with E-state index in [4.69, 9.17) is 9.47 Å². The van der Waals surface area contributed by atoms with Crippen molar-refractivity contribution in [3.8, 4) is 0 Å². The third-order valence-corrected chi connectivity index (χ3v) is 6.53. The first-order valence-corrected chi connectivity index (χ1v) is 10.5. The molecule has 2 atom stereocenters. The molecule has 0 radical (unpaired) electrons. The van der Waals surface area contributed by atoms with E-state index in [1.54, 1.807) is 4.90 Å². The molecule has 0 aromatic carbocycles. The van der Waals surface area contributed by atoms with Crippen LogP contribution in [0.4, 0.5) is 0 Å². The number of nitrogens with zero attached hydrogens (tertiary/aromatic N) is 1. The molecule has 4 rings (SSSR count). The van der Waals surface area contributed by atoms with E-state index in [1.807, 2.05) is 17.5 Å². The largest absolute Gasteiger partial charge is 0.376 e. The molecule has 2 saturated heterocycles. The molecule has 6 nitrogen and oxygen atoms in total. The van der Waals surface area contributed by atoms with Gasteiger partial charge in [0, 0.05) is 13.2 Å².